The Morgan fingerprint density at radius 2 is 1.86 bits per heavy atom. The summed E-state index contributed by atoms with van der Waals surface area (Å²) in [5.41, 5.74) is 7.36. The first-order valence-electron chi connectivity index (χ1n) is 8.53. The number of hydrogen-bond donors (Lipinski definition) is 3. The minimum absolute atomic E-state index is 0.0354. The van der Waals surface area contributed by atoms with E-state index in [0.29, 0.717) is 5.69 Å². The van der Waals surface area contributed by atoms with E-state index in [1.165, 1.54) is 17.0 Å². The van der Waals surface area contributed by atoms with Crippen LogP contribution in [0.25, 0.3) is 0 Å². The molecule has 5 nitrogen and oxygen atoms in total. The Bertz CT molecular complexity index is 1110. The Labute approximate surface area is 171 Å². The van der Waals surface area contributed by atoms with Crippen molar-refractivity contribution >= 4 is 52.1 Å². The lowest BCUT2D eigenvalue weighted by molar-refractivity contribution is 0.0697. The van der Waals surface area contributed by atoms with Gasteiger partial charge in [0.1, 0.15) is 0 Å². The van der Waals surface area contributed by atoms with Gasteiger partial charge >= 0.3 is 5.97 Å². The van der Waals surface area contributed by atoms with Crippen LogP contribution in [-0.2, 0) is 0 Å². The summed E-state index contributed by atoms with van der Waals surface area (Å²) in [6, 6.07) is 19.0. The van der Waals surface area contributed by atoms with Crippen LogP contribution in [0.1, 0.15) is 22.8 Å². The monoisotopic (exact) mass is 409 g/mol. The van der Waals surface area contributed by atoms with Crippen molar-refractivity contribution in [2.75, 3.05) is 10.7 Å². The predicted molar refractivity (Wildman–Crippen MR) is 115 cm³/mol. The van der Waals surface area contributed by atoms with Crippen LogP contribution in [0.4, 0.5) is 17.1 Å². The van der Waals surface area contributed by atoms with Gasteiger partial charge in [-0.3, -0.25) is 5.43 Å². The molecule has 3 aromatic carbocycles. The molecule has 0 unspecified atom stereocenters. The number of carboxylic acids is 1. The van der Waals surface area contributed by atoms with E-state index in [1.54, 1.807) is 17.8 Å². The van der Waals surface area contributed by atoms with E-state index < -0.39 is 5.97 Å². The molecule has 4 rings (SSSR count). The second-order valence-corrected chi connectivity index (χ2v) is 7.73. The fourth-order valence-corrected chi connectivity index (χ4v) is 4.00. The Morgan fingerprint density at radius 1 is 1.07 bits per heavy atom. The second kappa shape index (κ2) is 7.58. The number of rotatable bonds is 4. The number of carboxylic acid groups (broad SMARTS) is 1. The first-order valence-corrected chi connectivity index (χ1v) is 9.72. The van der Waals surface area contributed by atoms with Crippen LogP contribution in [0, 0.1) is 0 Å². The number of benzene rings is 3. The maximum Gasteiger partial charge on any atom is 0.337 e. The molecule has 1 aliphatic heterocycles. The molecule has 0 saturated carbocycles. The molecule has 0 atom stereocenters. The molecule has 0 spiro atoms. The number of halogens is 1. The lowest BCUT2D eigenvalue weighted by Crippen LogP contribution is -2.04. The Hall–Kier alpha value is -2.96. The van der Waals surface area contributed by atoms with Gasteiger partial charge in [-0.25, -0.2) is 4.79 Å². The molecular formula is C21H16ClN3O2S. The molecule has 28 heavy (non-hydrogen) atoms. The van der Waals surface area contributed by atoms with Gasteiger partial charge in [-0.1, -0.05) is 41.6 Å². The number of hydrogen-bond acceptors (Lipinski definition) is 5. The van der Waals surface area contributed by atoms with E-state index in [-0.39, 0.29) is 10.6 Å². The second-order valence-electron chi connectivity index (χ2n) is 6.24. The summed E-state index contributed by atoms with van der Waals surface area (Å²) in [4.78, 5) is 13.6. The molecule has 7 heteroatoms. The van der Waals surface area contributed by atoms with Gasteiger partial charge in [-0.2, -0.15) is 5.10 Å². The summed E-state index contributed by atoms with van der Waals surface area (Å²) in [6.45, 7) is 1.90. The summed E-state index contributed by atoms with van der Waals surface area (Å²) in [5, 5.41) is 17.2. The van der Waals surface area contributed by atoms with Crippen molar-refractivity contribution in [3.8, 4) is 0 Å². The molecule has 0 aromatic heterocycles. The number of anilines is 3. The van der Waals surface area contributed by atoms with Crippen molar-refractivity contribution in [3.05, 3.63) is 76.8 Å². The summed E-state index contributed by atoms with van der Waals surface area (Å²) < 4.78 is 0. The molecule has 3 aromatic rings. The summed E-state index contributed by atoms with van der Waals surface area (Å²) in [5.74, 6) is -1.08. The normalized spacial score (nSPS) is 12.6. The van der Waals surface area contributed by atoms with Gasteiger partial charge in [0.15, 0.2) is 0 Å². The van der Waals surface area contributed by atoms with Crippen molar-refractivity contribution in [2.24, 2.45) is 5.10 Å². The molecule has 0 bridgehead atoms. The third-order valence-corrected chi connectivity index (χ3v) is 5.80. The smallest absolute Gasteiger partial charge is 0.337 e. The molecule has 0 saturated heterocycles. The highest BCUT2D eigenvalue weighted by Crippen LogP contribution is 2.44. The van der Waals surface area contributed by atoms with Gasteiger partial charge in [0, 0.05) is 9.79 Å². The molecular weight excluding hydrogens is 394 g/mol. The van der Waals surface area contributed by atoms with E-state index in [4.69, 9.17) is 11.6 Å². The maximum atomic E-state index is 11.2. The van der Waals surface area contributed by atoms with Gasteiger partial charge in [0.05, 0.1) is 33.4 Å². The molecule has 0 fully saturated rings. The zero-order chi connectivity index (χ0) is 19.7. The van der Waals surface area contributed by atoms with Gasteiger partial charge in [0.25, 0.3) is 0 Å². The number of nitrogens with one attached hydrogen (secondary N) is 2. The first kappa shape index (κ1) is 18.4. The number of carbonyl (C=O) groups is 1. The summed E-state index contributed by atoms with van der Waals surface area (Å²) in [7, 11) is 0. The molecule has 0 radical (unpaired) electrons. The standard InChI is InChI=1S/C21H16ClN3O2S/c1-12(24-25-14-7-8-16(22)15(11-14)21(26)27)13-6-9-20-18(10-13)23-17-4-2-3-5-19(17)28-20/h2-11,23,25H,1H3,(H,26,27)/b24-12-. The number of aromatic carboxylic acids is 1. The van der Waals surface area contributed by atoms with Gasteiger partial charge in [-0.05, 0) is 55.0 Å². The third kappa shape index (κ3) is 3.69. The Balaban J connectivity index is 1.55. The topological polar surface area (TPSA) is 73.7 Å². The van der Waals surface area contributed by atoms with E-state index in [2.05, 4.69) is 40.1 Å². The van der Waals surface area contributed by atoms with Gasteiger partial charge in [0.2, 0.25) is 0 Å². The van der Waals surface area contributed by atoms with Crippen molar-refractivity contribution in [1.82, 2.24) is 0 Å². The zero-order valence-electron chi connectivity index (χ0n) is 14.9. The van der Waals surface area contributed by atoms with Gasteiger partial charge in [-0.15, -0.1) is 0 Å². The van der Waals surface area contributed by atoms with E-state index >= 15 is 0 Å². The summed E-state index contributed by atoms with van der Waals surface area (Å²) >= 11 is 7.63. The fourth-order valence-electron chi connectivity index (χ4n) is 2.84. The maximum absolute atomic E-state index is 11.2. The molecule has 3 N–H and O–H groups in total. The molecule has 140 valence electrons. The average Bonchev–Trinajstić information content (AvgIpc) is 2.70. The van der Waals surface area contributed by atoms with Crippen LogP contribution in [0.5, 0.6) is 0 Å². The first-order chi connectivity index (χ1) is 13.5. The van der Waals surface area contributed by atoms with Crippen molar-refractivity contribution in [3.63, 3.8) is 0 Å². The van der Waals surface area contributed by atoms with Crippen LogP contribution < -0.4 is 10.7 Å². The third-order valence-electron chi connectivity index (χ3n) is 4.32. The lowest BCUT2D eigenvalue weighted by atomic mass is 10.1. The quantitative estimate of drug-likeness (QED) is 0.281. The number of fused-ring (bicyclic) bond motifs is 2. The van der Waals surface area contributed by atoms with Crippen LogP contribution in [0.15, 0.2) is 75.6 Å². The molecule has 1 heterocycles. The highest BCUT2D eigenvalue weighted by molar-refractivity contribution is 7.99. The number of nitrogens with zero attached hydrogens (tertiary/aromatic N) is 1. The van der Waals surface area contributed by atoms with Gasteiger partial charge < -0.3 is 10.4 Å². The minimum atomic E-state index is -1.08. The van der Waals surface area contributed by atoms with Crippen molar-refractivity contribution in [1.29, 1.82) is 0 Å². The van der Waals surface area contributed by atoms with E-state index in [1.807, 2.05) is 25.1 Å². The minimum Gasteiger partial charge on any atom is -0.478 e. The molecule has 1 aliphatic rings. The number of hydrazone groups is 1. The predicted octanol–water partition coefficient (Wildman–Crippen LogP) is 6.08. The SMILES string of the molecule is C/C(=N/Nc1ccc(Cl)c(C(=O)O)c1)c1ccc2c(c1)Nc1ccccc1S2. The van der Waals surface area contributed by atoms with Crippen LogP contribution >= 0.6 is 23.4 Å². The van der Waals surface area contributed by atoms with Crippen LogP contribution in [0.2, 0.25) is 5.02 Å². The average molecular weight is 410 g/mol. The molecule has 0 aliphatic carbocycles. The highest BCUT2D eigenvalue weighted by Gasteiger charge is 2.16. The largest absolute Gasteiger partial charge is 0.478 e. The van der Waals surface area contributed by atoms with Crippen LogP contribution in [-0.4, -0.2) is 16.8 Å². The zero-order valence-corrected chi connectivity index (χ0v) is 16.4. The van der Waals surface area contributed by atoms with Crippen molar-refractivity contribution < 1.29 is 9.90 Å². The van der Waals surface area contributed by atoms with E-state index in [0.717, 1.165) is 27.5 Å². The Morgan fingerprint density at radius 3 is 2.68 bits per heavy atom. The van der Waals surface area contributed by atoms with E-state index in [9.17, 15) is 9.90 Å². The number of para-hydroxylation sites is 1. The summed E-state index contributed by atoms with van der Waals surface area (Å²) in [6.07, 6.45) is 0. The molecule has 0 amide bonds. The Kier molecular flexibility index (Phi) is 4.98. The van der Waals surface area contributed by atoms with Crippen molar-refractivity contribution in [2.45, 2.75) is 16.7 Å². The lowest BCUT2D eigenvalue weighted by Gasteiger charge is -2.21. The highest BCUT2D eigenvalue weighted by atomic mass is 35.5. The fraction of sp³-hybridized carbons (Fsp3) is 0.0476. The van der Waals surface area contributed by atoms with Crippen LogP contribution in [0.3, 0.4) is 0 Å².